The molecule has 0 saturated heterocycles. The monoisotopic (exact) mass is 212 g/mol. The number of nitrogens with one attached hydrogen (secondary N) is 2. The third-order valence-corrected chi connectivity index (χ3v) is 1.71. The molecule has 0 aliphatic heterocycles. The fourth-order valence-electron chi connectivity index (χ4n) is 0.979. The molecule has 0 spiro atoms. The molecule has 1 aromatic rings. The molecule has 1 heterocycles. The van der Waals surface area contributed by atoms with Crippen molar-refractivity contribution in [2.24, 2.45) is 0 Å². The SMILES string of the molecule is Cc1cc(NC(=O)NCCN(C)C)no1. The van der Waals surface area contributed by atoms with Gasteiger partial charge in [-0.05, 0) is 21.0 Å². The zero-order chi connectivity index (χ0) is 11.3. The average Bonchev–Trinajstić information content (AvgIpc) is 2.50. The average molecular weight is 212 g/mol. The normalized spacial score (nSPS) is 10.4. The van der Waals surface area contributed by atoms with Gasteiger partial charge in [0.05, 0.1) is 0 Å². The summed E-state index contributed by atoms with van der Waals surface area (Å²) in [4.78, 5) is 13.3. The molecule has 84 valence electrons. The molecular formula is C9H16N4O2. The first-order valence-corrected chi connectivity index (χ1v) is 4.71. The van der Waals surface area contributed by atoms with E-state index in [1.54, 1.807) is 13.0 Å². The molecule has 0 bridgehead atoms. The fourth-order valence-corrected chi connectivity index (χ4v) is 0.979. The first-order valence-electron chi connectivity index (χ1n) is 4.71. The Balaban J connectivity index is 2.24. The number of carbonyl (C=O) groups is 1. The van der Waals surface area contributed by atoms with E-state index >= 15 is 0 Å². The Bertz CT molecular complexity index is 322. The Hall–Kier alpha value is -1.56. The van der Waals surface area contributed by atoms with Crippen LogP contribution in [0.1, 0.15) is 5.76 Å². The van der Waals surface area contributed by atoms with Crippen LogP contribution >= 0.6 is 0 Å². The van der Waals surface area contributed by atoms with Crippen molar-refractivity contribution in [2.45, 2.75) is 6.92 Å². The number of nitrogens with zero attached hydrogens (tertiary/aromatic N) is 2. The van der Waals surface area contributed by atoms with Gasteiger partial charge < -0.3 is 14.7 Å². The molecule has 0 saturated carbocycles. The zero-order valence-electron chi connectivity index (χ0n) is 9.20. The van der Waals surface area contributed by atoms with Crippen molar-refractivity contribution < 1.29 is 9.32 Å². The van der Waals surface area contributed by atoms with Crippen molar-refractivity contribution >= 4 is 11.8 Å². The maximum Gasteiger partial charge on any atom is 0.320 e. The zero-order valence-corrected chi connectivity index (χ0v) is 9.20. The van der Waals surface area contributed by atoms with Crippen LogP contribution in [0.5, 0.6) is 0 Å². The molecule has 0 unspecified atom stereocenters. The van der Waals surface area contributed by atoms with E-state index in [9.17, 15) is 4.79 Å². The minimum atomic E-state index is -0.273. The third kappa shape index (κ3) is 4.46. The molecule has 0 aliphatic carbocycles. The van der Waals surface area contributed by atoms with Gasteiger partial charge in [0.1, 0.15) is 5.76 Å². The number of aryl methyl sites for hydroxylation is 1. The quantitative estimate of drug-likeness (QED) is 0.769. The highest BCUT2D eigenvalue weighted by Gasteiger charge is 2.04. The van der Waals surface area contributed by atoms with Gasteiger partial charge in [-0.1, -0.05) is 5.16 Å². The van der Waals surface area contributed by atoms with Crippen LogP contribution in [0, 0.1) is 6.92 Å². The molecule has 6 heteroatoms. The van der Waals surface area contributed by atoms with Crippen LogP contribution in [0.25, 0.3) is 0 Å². The van der Waals surface area contributed by atoms with Crippen LogP contribution in [-0.2, 0) is 0 Å². The van der Waals surface area contributed by atoms with Crippen molar-refractivity contribution in [1.82, 2.24) is 15.4 Å². The summed E-state index contributed by atoms with van der Waals surface area (Å²) in [5.41, 5.74) is 0. The van der Waals surface area contributed by atoms with Crippen molar-refractivity contribution in [3.8, 4) is 0 Å². The summed E-state index contributed by atoms with van der Waals surface area (Å²) in [6.07, 6.45) is 0. The van der Waals surface area contributed by atoms with E-state index < -0.39 is 0 Å². The number of amides is 2. The lowest BCUT2D eigenvalue weighted by Crippen LogP contribution is -2.34. The van der Waals surface area contributed by atoms with Crippen LogP contribution in [0.15, 0.2) is 10.6 Å². The number of likely N-dealkylation sites (N-methyl/N-ethyl adjacent to an activating group) is 1. The summed E-state index contributed by atoms with van der Waals surface area (Å²) < 4.78 is 4.81. The number of rotatable bonds is 4. The van der Waals surface area contributed by atoms with Crippen LogP contribution in [0.4, 0.5) is 10.6 Å². The van der Waals surface area contributed by atoms with E-state index in [0.29, 0.717) is 18.1 Å². The molecule has 0 atom stereocenters. The van der Waals surface area contributed by atoms with Crippen molar-refractivity contribution in [1.29, 1.82) is 0 Å². The highest BCUT2D eigenvalue weighted by Crippen LogP contribution is 2.05. The van der Waals surface area contributed by atoms with Crippen molar-refractivity contribution in [3.05, 3.63) is 11.8 Å². The van der Waals surface area contributed by atoms with Gasteiger partial charge in [0.2, 0.25) is 0 Å². The molecule has 0 fully saturated rings. The minimum absolute atomic E-state index is 0.273. The Morgan fingerprint density at radius 2 is 2.33 bits per heavy atom. The number of hydrogen-bond donors (Lipinski definition) is 2. The molecule has 0 aliphatic rings. The van der Waals surface area contributed by atoms with E-state index in [-0.39, 0.29) is 6.03 Å². The van der Waals surface area contributed by atoms with E-state index in [1.165, 1.54) is 0 Å². The molecule has 2 amide bonds. The van der Waals surface area contributed by atoms with E-state index in [2.05, 4.69) is 15.8 Å². The lowest BCUT2D eigenvalue weighted by Gasteiger charge is -2.09. The van der Waals surface area contributed by atoms with Crippen LogP contribution in [0.2, 0.25) is 0 Å². The summed E-state index contributed by atoms with van der Waals surface area (Å²) in [5.74, 6) is 1.09. The Morgan fingerprint density at radius 3 is 2.87 bits per heavy atom. The number of carbonyl (C=O) groups excluding carboxylic acids is 1. The van der Waals surface area contributed by atoms with E-state index in [0.717, 1.165) is 6.54 Å². The van der Waals surface area contributed by atoms with Crippen molar-refractivity contribution in [2.75, 3.05) is 32.5 Å². The minimum Gasteiger partial charge on any atom is -0.360 e. The third-order valence-electron chi connectivity index (χ3n) is 1.71. The number of aromatic nitrogens is 1. The maximum atomic E-state index is 11.3. The van der Waals surface area contributed by atoms with Gasteiger partial charge in [0, 0.05) is 19.2 Å². The second kappa shape index (κ2) is 5.35. The predicted octanol–water partition coefficient (Wildman–Crippen LogP) is 0.666. The van der Waals surface area contributed by atoms with E-state index in [4.69, 9.17) is 4.52 Å². The van der Waals surface area contributed by atoms with Gasteiger partial charge in [-0.25, -0.2) is 4.79 Å². The lowest BCUT2D eigenvalue weighted by atomic mass is 10.5. The molecule has 15 heavy (non-hydrogen) atoms. The predicted molar refractivity (Wildman–Crippen MR) is 56.8 cm³/mol. The highest BCUT2D eigenvalue weighted by atomic mass is 16.5. The number of urea groups is 1. The Kier molecular flexibility index (Phi) is 4.11. The summed E-state index contributed by atoms with van der Waals surface area (Å²) in [6, 6.07) is 1.39. The second-order valence-electron chi connectivity index (χ2n) is 3.51. The fraction of sp³-hybridized carbons (Fsp3) is 0.556. The summed E-state index contributed by atoms with van der Waals surface area (Å²) in [7, 11) is 3.89. The van der Waals surface area contributed by atoms with Gasteiger partial charge in [-0.15, -0.1) is 0 Å². The standard InChI is InChI=1S/C9H16N4O2/c1-7-6-8(12-15-7)11-9(14)10-4-5-13(2)3/h6H,4-5H2,1-3H3,(H2,10,11,12,14). The number of anilines is 1. The molecule has 0 radical (unpaired) electrons. The summed E-state index contributed by atoms with van der Waals surface area (Å²) in [5, 5.41) is 8.90. The molecular weight excluding hydrogens is 196 g/mol. The number of hydrogen-bond acceptors (Lipinski definition) is 4. The van der Waals surface area contributed by atoms with E-state index in [1.807, 2.05) is 19.0 Å². The maximum absolute atomic E-state index is 11.3. The summed E-state index contributed by atoms with van der Waals surface area (Å²) >= 11 is 0. The highest BCUT2D eigenvalue weighted by molar-refractivity contribution is 5.88. The summed E-state index contributed by atoms with van der Waals surface area (Å²) in [6.45, 7) is 3.16. The van der Waals surface area contributed by atoms with Gasteiger partial charge in [-0.3, -0.25) is 5.32 Å². The first kappa shape index (κ1) is 11.5. The molecule has 1 aromatic heterocycles. The molecule has 1 rings (SSSR count). The van der Waals surface area contributed by atoms with Gasteiger partial charge in [0.15, 0.2) is 5.82 Å². The van der Waals surface area contributed by atoms with Gasteiger partial charge in [-0.2, -0.15) is 0 Å². The topological polar surface area (TPSA) is 70.4 Å². The second-order valence-corrected chi connectivity index (χ2v) is 3.51. The molecule has 0 aromatic carbocycles. The molecule has 2 N–H and O–H groups in total. The Morgan fingerprint density at radius 1 is 1.60 bits per heavy atom. The largest absolute Gasteiger partial charge is 0.360 e. The first-order chi connectivity index (χ1) is 7.08. The van der Waals surface area contributed by atoms with Gasteiger partial charge in [0.25, 0.3) is 0 Å². The Labute approximate surface area is 88.6 Å². The van der Waals surface area contributed by atoms with Crippen LogP contribution in [0.3, 0.4) is 0 Å². The van der Waals surface area contributed by atoms with Crippen molar-refractivity contribution in [3.63, 3.8) is 0 Å². The molecule has 6 nitrogen and oxygen atoms in total. The smallest absolute Gasteiger partial charge is 0.320 e. The van der Waals surface area contributed by atoms with Crippen LogP contribution in [-0.4, -0.2) is 43.3 Å². The lowest BCUT2D eigenvalue weighted by molar-refractivity contribution is 0.250. The van der Waals surface area contributed by atoms with Gasteiger partial charge >= 0.3 is 6.03 Å². The van der Waals surface area contributed by atoms with Crippen LogP contribution < -0.4 is 10.6 Å².